The predicted molar refractivity (Wildman–Crippen MR) is 69.0 cm³/mol. The summed E-state index contributed by atoms with van der Waals surface area (Å²) in [7, 11) is 1.54. The second-order valence-corrected chi connectivity index (χ2v) is 3.24. The molecule has 0 radical (unpaired) electrons. The molecule has 0 bridgehead atoms. The second-order valence-electron chi connectivity index (χ2n) is 3.24. The second kappa shape index (κ2) is 6.95. The minimum absolute atomic E-state index is 0.396. The van der Waals surface area contributed by atoms with E-state index in [1.807, 2.05) is 0 Å². The Hall–Kier alpha value is -2.50. The Morgan fingerprint density at radius 1 is 1.56 bits per heavy atom. The number of nitrogens with zero attached hydrogens (tertiary/aromatic N) is 1. The summed E-state index contributed by atoms with van der Waals surface area (Å²) in [5.74, 6) is 1.18. The molecule has 6 nitrogen and oxygen atoms in total. The van der Waals surface area contributed by atoms with Gasteiger partial charge in [-0.1, -0.05) is 12.7 Å². The van der Waals surface area contributed by atoms with Gasteiger partial charge < -0.3 is 15.2 Å². The smallest absolute Gasteiger partial charge is 0.332 e. The van der Waals surface area contributed by atoms with Gasteiger partial charge in [0.05, 0.1) is 13.3 Å². The van der Waals surface area contributed by atoms with Crippen LogP contribution < -0.4 is 20.6 Å². The summed E-state index contributed by atoms with van der Waals surface area (Å²) in [4.78, 5) is 10.4. The van der Waals surface area contributed by atoms with Crippen molar-refractivity contribution in [2.75, 3.05) is 13.7 Å². The van der Waals surface area contributed by atoms with E-state index in [0.29, 0.717) is 18.1 Å². The van der Waals surface area contributed by atoms with E-state index in [9.17, 15) is 4.79 Å². The van der Waals surface area contributed by atoms with Crippen molar-refractivity contribution in [1.29, 1.82) is 0 Å². The van der Waals surface area contributed by atoms with E-state index in [4.69, 9.17) is 15.2 Å². The fraction of sp³-hybridized carbons (Fsp3) is 0.167. The third-order valence-electron chi connectivity index (χ3n) is 1.93. The third-order valence-corrected chi connectivity index (χ3v) is 1.93. The molecule has 0 spiro atoms. The minimum atomic E-state index is -0.718. The van der Waals surface area contributed by atoms with E-state index in [1.165, 1.54) is 6.21 Å². The molecule has 3 N–H and O–H groups in total. The van der Waals surface area contributed by atoms with Crippen LogP contribution in [0.2, 0.25) is 0 Å². The number of urea groups is 1. The van der Waals surface area contributed by atoms with E-state index >= 15 is 0 Å². The highest BCUT2D eigenvalue weighted by Crippen LogP contribution is 2.27. The van der Waals surface area contributed by atoms with Crippen molar-refractivity contribution in [3.8, 4) is 11.5 Å². The van der Waals surface area contributed by atoms with Crippen LogP contribution in [0.15, 0.2) is 36.0 Å². The van der Waals surface area contributed by atoms with Crippen molar-refractivity contribution >= 4 is 12.2 Å². The van der Waals surface area contributed by atoms with Gasteiger partial charge in [-0.25, -0.2) is 10.2 Å². The summed E-state index contributed by atoms with van der Waals surface area (Å²) in [5.41, 5.74) is 7.72. The summed E-state index contributed by atoms with van der Waals surface area (Å²) in [5, 5.41) is 3.65. The van der Waals surface area contributed by atoms with Crippen LogP contribution in [-0.2, 0) is 0 Å². The molecule has 96 valence electrons. The van der Waals surface area contributed by atoms with E-state index < -0.39 is 6.03 Å². The van der Waals surface area contributed by atoms with E-state index in [-0.39, 0.29) is 0 Å². The van der Waals surface area contributed by atoms with Crippen molar-refractivity contribution < 1.29 is 14.3 Å². The van der Waals surface area contributed by atoms with Crippen molar-refractivity contribution in [1.82, 2.24) is 5.43 Å². The first-order valence-corrected chi connectivity index (χ1v) is 5.17. The highest BCUT2D eigenvalue weighted by atomic mass is 16.5. The lowest BCUT2D eigenvalue weighted by Crippen LogP contribution is -2.24. The van der Waals surface area contributed by atoms with E-state index in [2.05, 4.69) is 17.1 Å². The molecule has 0 heterocycles. The van der Waals surface area contributed by atoms with Crippen LogP contribution in [-0.4, -0.2) is 26.0 Å². The normalized spacial score (nSPS) is 10.1. The Morgan fingerprint density at radius 3 is 2.94 bits per heavy atom. The molecule has 0 saturated heterocycles. The average molecular weight is 249 g/mol. The molecule has 0 aliphatic heterocycles. The number of primary amides is 1. The predicted octanol–water partition coefficient (Wildman–Crippen LogP) is 1.26. The summed E-state index contributed by atoms with van der Waals surface area (Å²) in [6.07, 6.45) is 3.09. The highest BCUT2D eigenvalue weighted by Gasteiger charge is 2.04. The molecule has 1 aromatic carbocycles. The van der Waals surface area contributed by atoms with Crippen LogP contribution >= 0.6 is 0 Å². The lowest BCUT2D eigenvalue weighted by atomic mass is 10.2. The monoisotopic (exact) mass is 249 g/mol. The molecular weight excluding hydrogens is 234 g/mol. The molecule has 1 aromatic rings. The standard InChI is InChI=1S/C12H15N3O3/c1-3-6-18-10-5-4-9(7-11(10)17-2)8-14-15-12(13)16/h3-5,7-8H,1,6H2,2H3,(H3,13,15,16). The number of carbonyl (C=O) groups is 1. The first kappa shape index (κ1) is 13.6. The number of ether oxygens (including phenoxy) is 2. The zero-order valence-electron chi connectivity index (χ0n) is 10.1. The Kier molecular flexibility index (Phi) is 5.24. The Balaban J connectivity index is 2.80. The fourth-order valence-corrected chi connectivity index (χ4v) is 1.20. The maximum Gasteiger partial charge on any atom is 0.332 e. The Morgan fingerprint density at radius 2 is 2.33 bits per heavy atom. The van der Waals surface area contributed by atoms with Crippen LogP contribution in [0.5, 0.6) is 11.5 Å². The van der Waals surface area contributed by atoms with Crippen LogP contribution in [0, 0.1) is 0 Å². The van der Waals surface area contributed by atoms with Gasteiger partial charge >= 0.3 is 6.03 Å². The molecule has 2 amide bonds. The molecule has 0 aromatic heterocycles. The van der Waals surface area contributed by atoms with Gasteiger partial charge in [0.15, 0.2) is 11.5 Å². The Bertz CT molecular complexity index is 458. The molecular formula is C12H15N3O3. The summed E-state index contributed by atoms with van der Waals surface area (Å²) < 4.78 is 10.6. The number of nitrogens with one attached hydrogen (secondary N) is 1. The van der Waals surface area contributed by atoms with Crippen LogP contribution in [0.4, 0.5) is 4.79 Å². The van der Waals surface area contributed by atoms with E-state index in [0.717, 1.165) is 5.56 Å². The zero-order chi connectivity index (χ0) is 13.4. The van der Waals surface area contributed by atoms with Crippen LogP contribution in [0.3, 0.4) is 0 Å². The number of hydrogen-bond acceptors (Lipinski definition) is 4. The molecule has 0 saturated carbocycles. The number of nitrogens with two attached hydrogens (primary N) is 1. The quantitative estimate of drug-likeness (QED) is 0.452. The van der Waals surface area contributed by atoms with Gasteiger partial charge in [0.2, 0.25) is 0 Å². The van der Waals surface area contributed by atoms with Gasteiger partial charge in [-0.3, -0.25) is 0 Å². The lowest BCUT2D eigenvalue weighted by Gasteiger charge is -2.09. The first-order valence-electron chi connectivity index (χ1n) is 5.17. The first-order chi connectivity index (χ1) is 8.67. The lowest BCUT2D eigenvalue weighted by molar-refractivity contribution is 0.249. The zero-order valence-corrected chi connectivity index (χ0v) is 10.1. The molecule has 6 heteroatoms. The van der Waals surface area contributed by atoms with Crippen molar-refractivity contribution in [3.63, 3.8) is 0 Å². The molecule has 1 rings (SSSR count). The van der Waals surface area contributed by atoms with Gasteiger partial charge in [0, 0.05) is 0 Å². The van der Waals surface area contributed by atoms with Crippen LogP contribution in [0.1, 0.15) is 5.56 Å². The van der Waals surface area contributed by atoms with Gasteiger partial charge in [-0.2, -0.15) is 5.10 Å². The molecule has 0 atom stereocenters. The number of rotatable bonds is 6. The molecule has 18 heavy (non-hydrogen) atoms. The van der Waals surface area contributed by atoms with Crippen molar-refractivity contribution in [3.05, 3.63) is 36.4 Å². The summed E-state index contributed by atoms with van der Waals surface area (Å²) in [6.45, 7) is 3.96. The molecule has 0 aliphatic carbocycles. The minimum Gasteiger partial charge on any atom is -0.493 e. The van der Waals surface area contributed by atoms with E-state index in [1.54, 1.807) is 31.4 Å². The van der Waals surface area contributed by atoms with Gasteiger partial charge in [-0.05, 0) is 23.8 Å². The largest absolute Gasteiger partial charge is 0.493 e. The fourth-order valence-electron chi connectivity index (χ4n) is 1.20. The summed E-state index contributed by atoms with van der Waals surface area (Å²) in [6, 6.07) is 4.52. The number of benzene rings is 1. The molecule has 0 fully saturated rings. The highest BCUT2D eigenvalue weighted by molar-refractivity contribution is 5.82. The number of hydrogen-bond donors (Lipinski definition) is 2. The number of hydrazone groups is 1. The Labute approximate surface area is 105 Å². The maximum absolute atomic E-state index is 10.4. The van der Waals surface area contributed by atoms with Gasteiger partial charge in [0.1, 0.15) is 6.61 Å². The third kappa shape index (κ3) is 4.17. The SMILES string of the molecule is C=CCOc1ccc(C=NNC(N)=O)cc1OC. The number of amides is 2. The average Bonchev–Trinajstić information content (AvgIpc) is 2.36. The molecule has 0 aliphatic rings. The van der Waals surface area contributed by atoms with Crippen molar-refractivity contribution in [2.45, 2.75) is 0 Å². The number of carbonyl (C=O) groups excluding carboxylic acids is 1. The summed E-state index contributed by atoms with van der Waals surface area (Å²) >= 11 is 0. The number of methoxy groups -OCH3 is 1. The van der Waals surface area contributed by atoms with Crippen molar-refractivity contribution in [2.24, 2.45) is 10.8 Å². The molecule has 0 unspecified atom stereocenters. The maximum atomic E-state index is 10.4. The van der Waals surface area contributed by atoms with Gasteiger partial charge in [0.25, 0.3) is 0 Å². The van der Waals surface area contributed by atoms with Crippen LogP contribution in [0.25, 0.3) is 0 Å². The topological polar surface area (TPSA) is 85.9 Å². The van der Waals surface area contributed by atoms with Gasteiger partial charge in [-0.15, -0.1) is 0 Å².